The Labute approximate surface area is 182 Å². The maximum atomic E-state index is 12.2. The van der Waals surface area contributed by atoms with E-state index >= 15 is 0 Å². The van der Waals surface area contributed by atoms with Gasteiger partial charge in [-0.1, -0.05) is 61.5 Å². The summed E-state index contributed by atoms with van der Waals surface area (Å²) in [6.07, 6.45) is 7.46. The minimum absolute atomic E-state index is 0.112. The number of hydrogen-bond donors (Lipinski definition) is 2. The molecule has 2 N–H and O–H groups in total. The molecule has 158 valence electrons. The summed E-state index contributed by atoms with van der Waals surface area (Å²) < 4.78 is 0. The molecule has 2 aromatic rings. The zero-order chi connectivity index (χ0) is 21.5. The van der Waals surface area contributed by atoms with E-state index in [0.717, 1.165) is 17.8 Å². The van der Waals surface area contributed by atoms with Gasteiger partial charge in [0, 0.05) is 19.2 Å². The van der Waals surface area contributed by atoms with Crippen LogP contribution in [0.1, 0.15) is 44.1 Å². The monoisotopic (exact) mass is 426 g/mol. The summed E-state index contributed by atoms with van der Waals surface area (Å²) in [5, 5.41) is 12.7. The number of nitrogens with zero attached hydrogens (tertiary/aromatic N) is 1. The molecule has 0 aliphatic heterocycles. The van der Waals surface area contributed by atoms with Gasteiger partial charge in [0.05, 0.1) is 10.7 Å². The van der Waals surface area contributed by atoms with Gasteiger partial charge in [-0.25, -0.2) is 4.79 Å². The number of benzene rings is 2. The van der Waals surface area contributed by atoms with Crippen molar-refractivity contribution in [1.29, 1.82) is 0 Å². The van der Waals surface area contributed by atoms with Crippen LogP contribution in [0.15, 0.2) is 54.2 Å². The molecule has 0 bridgehead atoms. The van der Waals surface area contributed by atoms with Crippen molar-refractivity contribution in [2.24, 2.45) is 5.92 Å². The summed E-state index contributed by atoms with van der Waals surface area (Å²) >= 11 is 6.26. The molecule has 1 fully saturated rings. The number of nitrogens with one attached hydrogen (secondary N) is 1. The first-order valence-corrected chi connectivity index (χ1v) is 10.6. The minimum atomic E-state index is -1.15. The topological polar surface area (TPSA) is 69.6 Å². The molecule has 1 aliphatic carbocycles. The number of halogens is 1. The number of rotatable bonds is 8. The van der Waals surface area contributed by atoms with E-state index in [1.807, 2.05) is 60.5 Å². The van der Waals surface area contributed by atoms with E-state index in [0.29, 0.717) is 22.9 Å². The number of carbonyl (C=O) groups is 2. The first-order valence-electron chi connectivity index (χ1n) is 10.3. The van der Waals surface area contributed by atoms with Gasteiger partial charge >= 0.3 is 5.97 Å². The normalized spacial score (nSPS) is 14.5. The fraction of sp³-hybridized carbons (Fsp3) is 0.333. The molecule has 2 aromatic carbocycles. The predicted molar refractivity (Wildman–Crippen MR) is 121 cm³/mol. The van der Waals surface area contributed by atoms with E-state index in [9.17, 15) is 14.7 Å². The second-order valence-electron chi connectivity index (χ2n) is 7.70. The van der Waals surface area contributed by atoms with Crippen LogP contribution in [0.2, 0.25) is 5.02 Å². The standard InChI is InChI=1S/C24H27ClN2O3/c1-27(22-9-5-4-8-20(22)25)19-13-10-18(11-14-19)16-21(24(29)30)26-23(28)15-12-17-6-2-3-7-17/h4-5,8-11,13-14,16-17H,2-3,6-7,12,15H2,1H3,(H,26,28)(H,29,30)/b21-16+. The van der Waals surface area contributed by atoms with Gasteiger partial charge in [0.2, 0.25) is 5.91 Å². The Bertz CT molecular complexity index is 918. The quantitative estimate of drug-likeness (QED) is 0.537. The van der Waals surface area contributed by atoms with E-state index in [4.69, 9.17) is 11.6 Å². The van der Waals surface area contributed by atoms with E-state index < -0.39 is 5.97 Å². The van der Waals surface area contributed by atoms with Crippen LogP contribution < -0.4 is 10.2 Å². The lowest BCUT2D eigenvalue weighted by Gasteiger charge is -2.20. The van der Waals surface area contributed by atoms with Crippen LogP contribution in [0.3, 0.4) is 0 Å². The van der Waals surface area contributed by atoms with Gasteiger partial charge in [-0.15, -0.1) is 0 Å². The molecule has 0 aromatic heterocycles. The summed E-state index contributed by atoms with van der Waals surface area (Å²) in [5.74, 6) is -0.803. The van der Waals surface area contributed by atoms with E-state index in [1.165, 1.54) is 31.8 Å². The molecule has 0 spiro atoms. The van der Waals surface area contributed by atoms with Gasteiger partial charge in [-0.05, 0) is 48.2 Å². The number of anilines is 2. The third kappa shape index (κ3) is 5.86. The molecular weight excluding hydrogens is 400 g/mol. The summed E-state index contributed by atoms with van der Waals surface area (Å²) in [4.78, 5) is 25.8. The fourth-order valence-corrected chi connectivity index (χ4v) is 4.08. The van der Waals surface area contributed by atoms with Crippen LogP contribution in [-0.4, -0.2) is 24.0 Å². The number of para-hydroxylation sites is 1. The lowest BCUT2D eigenvalue weighted by atomic mass is 10.0. The molecule has 0 radical (unpaired) electrons. The van der Waals surface area contributed by atoms with Gasteiger partial charge < -0.3 is 15.3 Å². The van der Waals surface area contributed by atoms with Crippen LogP contribution in [0.5, 0.6) is 0 Å². The largest absolute Gasteiger partial charge is 0.477 e. The smallest absolute Gasteiger partial charge is 0.352 e. The Hall–Kier alpha value is -2.79. The maximum absolute atomic E-state index is 12.2. The molecule has 0 atom stereocenters. The molecule has 0 unspecified atom stereocenters. The summed E-state index contributed by atoms with van der Waals surface area (Å²) in [7, 11) is 1.92. The Kier molecular flexibility index (Phi) is 7.52. The summed E-state index contributed by atoms with van der Waals surface area (Å²) in [5.41, 5.74) is 2.37. The number of carboxylic acid groups (broad SMARTS) is 1. The van der Waals surface area contributed by atoms with Crippen molar-refractivity contribution in [3.8, 4) is 0 Å². The second kappa shape index (κ2) is 10.3. The maximum Gasteiger partial charge on any atom is 0.352 e. The highest BCUT2D eigenvalue weighted by Gasteiger charge is 2.18. The Morgan fingerprint density at radius 3 is 2.43 bits per heavy atom. The van der Waals surface area contributed by atoms with E-state index in [1.54, 1.807) is 0 Å². The van der Waals surface area contributed by atoms with E-state index in [-0.39, 0.29) is 11.6 Å². The molecule has 0 saturated heterocycles. The highest BCUT2D eigenvalue weighted by molar-refractivity contribution is 6.33. The Morgan fingerprint density at radius 2 is 1.80 bits per heavy atom. The molecule has 3 rings (SSSR count). The predicted octanol–water partition coefficient (Wildman–Crippen LogP) is 5.62. The molecule has 6 heteroatoms. The van der Waals surface area contributed by atoms with Gasteiger partial charge in [-0.2, -0.15) is 0 Å². The number of hydrogen-bond acceptors (Lipinski definition) is 3. The SMILES string of the molecule is CN(c1ccc(/C=C(/NC(=O)CCC2CCCC2)C(=O)O)cc1)c1ccccc1Cl. The molecule has 0 heterocycles. The minimum Gasteiger partial charge on any atom is -0.477 e. The first-order chi connectivity index (χ1) is 14.4. The third-order valence-corrected chi connectivity index (χ3v) is 5.88. The number of amides is 1. The summed E-state index contributed by atoms with van der Waals surface area (Å²) in [6, 6.07) is 15.0. The molecular formula is C24H27ClN2O3. The van der Waals surface area contributed by atoms with Crippen LogP contribution in [0, 0.1) is 5.92 Å². The molecule has 1 aliphatic rings. The van der Waals surface area contributed by atoms with Crippen molar-refractivity contribution < 1.29 is 14.7 Å². The number of aliphatic carboxylic acids is 1. The van der Waals surface area contributed by atoms with Gasteiger partial charge in [0.15, 0.2) is 0 Å². The first kappa shape index (κ1) is 21.9. The molecule has 1 saturated carbocycles. The third-order valence-electron chi connectivity index (χ3n) is 5.56. The zero-order valence-corrected chi connectivity index (χ0v) is 17.9. The lowest BCUT2D eigenvalue weighted by molar-refractivity contribution is -0.134. The number of carboxylic acids is 1. The van der Waals surface area contributed by atoms with Crippen LogP contribution in [0.4, 0.5) is 11.4 Å². The lowest BCUT2D eigenvalue weighted by Crippen LogP contribution is -2.27. The van der Waals surface area contributed by atoms with Crippen molar-refractivity contribution in [3.63, 3.8) is 0 Å². The molecule has 1 amide bonds. The van der Waals surface area contributed by atoms with Crippen molar-refractivity contribution in [3.05, 3.63) is 64.8 Å². The van der Waals surface area contributed by atoms with Gasteiger partial charge in [0.1, 0.15) is 5.70 Å². The van der Waals surface area contributed by atoms with Gasteiger partial charge in [-0.3, -0.25) is 4.79 Å². The zero-order valence-electron chi connectivity index (χ0n) is 17.1. The highest BCUT2D eigenvalue weighted by atomic mass is 35.5. The van der Waals surface area contributed by atoms with Crippen LogP contribution >= 0.6 is 11.6 Å². The Morgan fingerprint density at radius 1 is 1.13 bits per heavy atom. The Balaban J connectivity index is 1.66. The number of carbonyl (C=O) groups excluding carboxylic acids is 1. The van der Waals surface area contributed by atoms with Gasteiger partial charge in [0.25, 0.3) is 0 Å². The molecule has 30 heavy (non-hydrogen) atoms. The van der Waals surface area contributed by atoms with Crippen LogP contribution in [-0.2, 0) is 9.59 Å². The highest BCUT2D eigenvalue weighted by Crippen LogP contribution is 2.30. The second-order valence-corrected chi connectivity index (χ2v) is 8.11. The van der Waals surface area contributed by atoms with Crippen molar-refractivity contribution in [1.82, 2.24) is 5.32 Å². The average Bonchev–Trinajstić information content (AvgIpc) is 3.26. The van der Waals surface area contributed by atoms with Crippen molar-refractivity contribution >= 4 is 40.9 Å². The average molecular weight is 427 g/mol. The van der Waals surface area contributed by atoms with Crippen LogP contribution in [0.25, 0.3) is 6.08 Å². The summed E-state index contributed by atoms with van der Waals surface area (Å²) in [6.45, 7) is 0. The molecule has 5 nitrogen and oxygen atoms in total. The van der Waals surface area contributed by atoms with Crippen molar-refractivity contribution in [2.75, 3.05) is 11.9 Å². The van der Waals surface area contributed by atoms with E-state index in [2.05, 4.69) is 5.32 Å². The fourth-order valence-electron chi connectivity index (χ4n) is 3.82. The van der Waals surface area contributed by atoms with Crippen molar-refractivity contribution in [2.45, 2.75) is 38.5 Å².